The molecule has 0 aliphatic carbocycles. The van der Waals surface area contributed by atoms with Gasteiger partial charge in [-0.05, 0) is 80.1 Å². The highest BCUT2D eigenvalue weighted by Gasteiger charge is 2.41. The summed E-state index contributed by atoms with van der Waals surface area (Å²) in [6.07, 6.45) is 13.3. The molecule has 0 spiro atoms. The summed E-state index contributed by atoms with van der Waals surface area (Å²) >= 11 is 0. The SMILES string of the molecule is CCCCCCCCCCCC(=O)NCCCCCCNC(=O)C(CCC(=O)OC(C)(C)C)(CCC(=O)OC(C)(C)C)NC(=O)CNC(=O)CCCC(=O)O. The highest BCUT2D eigenvalue weighted by atomic mass is 16.6. The number of hydrogen-bond donors (Lipinski definition) is 5. The second-order valence-corrected chi connectivity index (χ2v) is 16.4. The van der Waals surface area contributed by atoms with Gasteiger partial charge in [0.2, 0.25) is 23.6 Å². The van der Waals surface area contributed by atoms with Gasteiger partial charge in [0.25, 0.3) is 0 Å². The Kier molecular flexibility index (Phi) is 26.7. The first-order valence-electron chi connectivity index (χ1n) is 20.6. The predicted octanol–water partition coefficient (Wildman–Crippen LogP) is 6.17. The number of carbonyl (C=O) groups excluding carboxylic acids is 6. The average Bonchev–Trinajstić information content (AvgIpc) is 3.07. The smallest absolute Gasteiger partial charge is 0.306 e. The molecule has 318 valence electrons. The molecule has 0 saturated heterocycles. The number of carboxylic acid groups (broad SMARTS) is 1. The fourth-order valence-electron chi connectivity index (χ4n) is 5.82. The number of carboxylic acids is 1. The third-order valence-corrected chi connectivity index (χ3v) is 8.62. The summed E-state index contributed by atoms with van der Waals surface area (Å²) in [7, 11) is 0. The summed E-state index contributed by atoms with van der Waals surface area (Å²) in [6, 6.07) is 0. The summed E-state index contributed by atoms with van der Waals surface area (Å²) in [5.74, 6) is -4.01. The van der Waals surface area contributed by atoms with Crippen molar-refractivity contribution in [1.82, 2.24) is 21.3 Å². The van der Waals surface area contributed by atoms with E-state index in [9.17, 15) is 33.6 Å². The van der Waals surface area contributed by atoms with Crippen LogP contribution in [0.2, 0.25) is 0 Å². The minimum Gasteiger partial charge on any atom is -0.481 e. The molecule has 55 heavy (non-hydrogen) atoms. The lowest BCUT2D eigenvalue weighted by Crippen LogP contribution is -2.60. The number of amides is 4. The van der Waals surface area contributed by atoms with Crippen LogP contribution in [0, 0.1) is 0 Å². The van der Waals surface area contributed by atoms with Crippen molar-refractivity contribution in [3.8, 4) is 0 Å². The van der Waals surface area contributed by atoms with Gasteiger partial charge in [-0.2, -0.15) is 0 Å². The van der Waals surface area contributed by atoms with E-state index in [0.717, 1.165) is 32.1 Å². The highest BCUT2D eigenvalue weighted by Crippen LogP contribution is 2.24. The molecule has 5 N–H and O–H groups in total. The van der Waals surface area contributed by atoms with Crippen molar-refractivity contribution in [3.05, 3.63) is 0 Å². The van der Waals surface area contributed by atoms with E-state index in [-0.39, 0.29) is 57.4 Å². The van der Waals surface area contributed by atoms with Crippen LogP contribution in [0.25, 0.3) is 0 Å². The van der Waals surface area contributed by atoms with E-state index in [1.165, 1.54) is 44.9 Å². The standard InChI is InChI=1S/C41H74N4O10/c1-8-9-10-11-12-13-14-15-18-22-32(46)42-29-19-16-17-20-30-43-38(53)41(27-25-36(51)54-39(2,3)4,28-26-37(52)55-40(5,6)7)45-34(48)31-44-33(47)23-21-24-35(49)50/h8-31H2,1-7H3,(H,42,46)(H,43,53)(H,44,47)(H,45,48)(H,49,50). The second kappa shape index (κ2) is 28.7. The molecule has 0 radical (unpaired) electrons. The molecule has 0 aromatic rings. The van der Waals surface area contributed by atoms with Crippen LogP contribution in [0.4, 0.5) is 0 Å². The molecule has 0 fully saturated rings. The number of carbonyl (C=O) groups is 7. The predicted molar refractivity (Wildman–Crippen MR) is 212 cm³/mol. The van der Waals surface area contributed by atoms with E-state index in [1.807, 2.05) is 0 Å². The maximum Gasteiger partial charge on any atom is 0.306 e. The van der Waals surface area contributed by atoms with Crippen LogP contribution in [0.5, 0.6) is 0 Å². The van der Waals surface area contributed by atoms with Crippen LogP contribution in [-0.4, -0.2) is 83.0 Å². The molecule has 0 saturated carbocycles. The number of ether oxygens (including phenoxy) is 2. The molecule has 0 aromatic carbocycles. The topological polar surface area (TPSA) is 206 Å². The normalized spacial score (nSPS) is 11.7. The van der Waals surface area contributed by atoms with Gasteiger partial charge >= 0.3 is 17.9 Å². The molecule has 0 rings (SSSR count). The Morgan fingerprint density at radius 3 is 1.42 bits per heavy atom. The Balaban J connectivity index is 5.27. The van der Waals surface area contributed by atoms with Gasteiger partial charge in [-0.15, -0.1) is 0 Å². The maximum atomic E-state index is 13.9. The van der Waals surface area contributed by atoms with Crippen LogP contribution in [-0.2, 0) is 43.0 Å². The molecule has 4 amide bonds. The molecule has 14 heteroatoms. The lowest BCUT2D eigenvalue weighted by Gasteiger charge is -2.34. The van der Waals surface area contributed by atoms with E-state index in [4.69, 9.17) is 14.6 Å². The molecule has 14 nitrogen and oxygen atoms in total. The van der Waals surface area contributed by atoms with Gasteiger partial charge in [0.1, 0.15) is 16.7 Å². The van der Waals surface area contributed by atoms with Crippen molar-refractivity contribution >= 4 is 41.5 Å². The van der Waals surface area contributed by atoms with Crippen molar-refractivity contribution in [2.45, 2.75) is 200 Å². The van der Waals surface area contributed by atoms with E-state index in [2.05, 4.69) is 28.2 Å². The van der Waals surface area contributed by atoms with Crippen molar-refractivity contribution in [2.24, 2.45) is 0 Å². The molecule has 0 heterocycles. The Morgan fingerprint density at radius 1 is 0.491 bits per heavy atom. The van der Waals surface area contributed by atoms with Gasteiger partial charge in [0.05, 0.1) is 6.54 Å². The molecule has 0 atom stereocenters. The molecular formula is C41H74N4O10. The van der Waals surface area contributed by atoms with Gasteiger partial charge in [-0.1, -0.05) is 71.1 Å². The summed E-state index contributed by atoms with van der Waals surface area (Å²) in [4.78, 5) is 87.9. The average molecular weight is 783 g/mol. The number of aliphatic carboxylic acids is 1. The third-order valence-electron chi connectivity index (χ3n) is 8.62. The number of rotatable bonds is 31. The zero-order valence-corrected chi connectivity index (χ0v) is 35.1. The van der Waals surface area contributed by atoms with Crippen molar-refractivity contribution < 1.29 is 48.1 Å². The van der Waals surface area contributed by atoms with Gasteiger partial charge in [-0.25, -0.2) is 0 Å². The summed E-state index contributed by atoms with van der Waals surface area (Å²) < 4.78 is 10.9. The van der Waals surface area contributed by atoms with E-state index in [0.29, 0.717) is 19.4 Å². The van der Waals surface area contributed by atoms with Crippen LogP contribution in [0.3, 0.4) is 0 Å². The van der Waals surface area contributed by atoms with Crippen molar-refractivity contribution in [2.75, 3.05) is 19.6 Å². The lowest BCUT2D eigenvalue weighted by molar-refractivity contribution is -0.156. The van der Waals surface area contributed by atoms with Crippen molar-refractivity contribution in [3.63, 3.8) is 0 Å². The van der Waals surface area contributed by atoms with Gasteiger partial charge in [0.15, 0.2) is 0 Å². The van der Waals surface area contributed by atoms with Crippen LogP contribution in [0.1, 0.15) is 183 Å². The second-order valence-electron chi connectivity index (χ2n) is 16.4. The molecular weight excluding hydrogens is 708 g/mol. The Labute approximate surface area is 330 Å². The zero-order valence-electron chi connectivity index (χ0n) is 35.1. The summed E-state index contributed by atoms with van der Waals surface area (Å²) in [5.41, 5.74) is -3.30. The zero-order chi connectivity index (χ0) is 41.8. The first-order chi connectivity index (χ1) is 25.8. The number of hydrogen-bond acceptors (Lipinski definition) is 9. The van der Waals surface area contributed by atoms with Gasteiger partial charge in [0, 0.05) is 45.2 Å². The monoisotopic (exact) mass is 783 g/mol. The molecule has 0 bridgehead atoms. The first-order valence-corrected chi connectivity index (χ1v) is 20.6. The minimum atomic E-state index is -1.72. The number of unbranched alkanes of at least 4 members (excludes halogenated alkanes) is 11. The van der Waals surface area contributed by atoms with E-state index >= 15 is 0 Å². The summed E-state index contributed by atoms with van der Waals surface area (Å²) in [6.45, 7) is 12.8. The first kappa shape index (κ1) is 51.3. The van der Waals surface area contributed by atoms with Crippen molar-refractivity contribution in [1.29, 1.82) is 0 Å². The quantitative estimate of drug-likeness (QED) is 0.0399. The highest BCUT2D eigenvalue weighted by molar-refractivity contribution is 5.94. The number of esters is 2. The fourth-order valence-corrected chi connectivity index (χ4v) is 5.82. The molecule has 0 aliphatic rings. The third kappa shape index (κ3) is 30.2. The van der Waals surface area contributed by atoms with E-state index < -0.39 is 58.9 Å². The largest absolute Gasteiger partial charge is 0.481 e. The summed E-state index contributed by atoms with van der Waals surface area (Å²) in [5, 5.41) is 19.8. The molecule has 0 aliphatic heterocycles. The Hall–Kier alpha value is -3.71. The van der Waals surface area contributed by atoms with Crippen LogP contribution >= 0.6 is 0 Å². The van der Waals surface area contributed by atoms with Gasteiger partial charge < -0.3 is 35.8 Å². The Bertz CT molecular complexity index is 1140. The molecule has 0 unspecified atom stereocenters. The van der Waals surface area contributed by atoms with Crippen LogP contribution in [0.15, 0.2) is 0 Å². The molecule has 0 aromatic heterocycles. The number of nitrogens with one attached hydrogen (secondary N) is 4. The van der Waals surface area contributed by atoms with Gasteiger partial charge in [-0.3, -0.25) is 33.6 Å². The fraction of sp³-hybridized carbons (Fsp3) is 0.829. The lowest BCUT2D eigenvalue weighted by atomic mass is 9.86. The van der Waals surface area contributed by atoms with E-state index in [1.54, 1.807) is 41.5 Å². The minimum absolute atomic E-state index is 0.0733. The Morgan fingerprint density at radius 2 is 0.927 bits per heavy atom. The van der Waals surface area contributed by atoms with Crippen LogP contribution < -0.4 is 21.3 Å². The maximum absolute atomic E-state index is 13.9.